The van der Waals surface area contributed by atoms with E-state index in [1.54, 1.807) is 24.6 Å². The highest BCUT2D eigenvalue weighted by atomic mass is 32.1. The van der Waals surface area contributed by atoms with Gasteiger partial charge in [0.25, 0.3) is 5.97 Å². The van der Waals surface area contributed by atoms with Gasteiger partial charge in [-0.15, -0.1) is 0 Å². The summed E-state index contributed by atoms with van der Waals surface area (Å²) >= 11 is 1.62. The molecule has 0 aromatic carbocycles. The molecule has 0 unspecified atom stereocenters. The van der Waals surface area contributed by atoms with Gasteiger partial charge in [-0.05, 0) is 60.9 Å². The molecule has 0 spiro atoms. The first kappa shape index (κ1) is 25.0. The molecule has 0 saturated heterocycles. The number of H-pyrrole nitrogens is 1. The van der Waals surface area contributed by atoms with E-state index < -0.39 is 5.97 Å². The van der Waals surface area contributed by atoms with Gasteiger partial charge < -0.3 is 9.84 Å². The predicted octanol–water partition coefficient (Wildman–Crippen LogP) is 5.63. The SMILES string of the molecule is C=C(/C=C\C(=NC)OC1CCCCC1)c1ccc(-c2nc(-c3ccsc3)n[nH]2)cn1.CC(=O)O. The molecule has 9 heteroatoms. The molecule has 8 nitrogen and oxygen atoms in total. The lowest BCUT2D eigenvalue weighted by Gasteiger charge is -2.22. The van der Waals surface area contributed by atoms with Crippen molar-refractivity contribution < 1.29 is 14.6 Å². The predicted molar refractivity (Wildman–Crippen MR) is 136 cm³/mol. The molecule has 0 amide bonds. The maximum atomic E-state index is 9.00. The van der Waals surface area contributed by atoms with Crippen LogP contribution in [0.4, 0.5) is 0 Å². The monoisotopic (exact) mass is 479 g/mol. The lowest BCUT2D eigenvalue weighted by Crippen LogP contribution is -2.19. The first-order valence-corrected chi connectivity index (χ1v) is 12.0. The van der Waals surface area contributed by atoms with Gasteiger partial charge in [0.1, 0.15) is 6.10 Å². The van der Waals surface area contributed by atoms with Crippen molar-refractivity contribution in [2.75, 3.05) is 7.05 Å². The standard InChI is InChI=1S/C23H25N5OS.C2H4O2/c1-16(8-11-21(24-2)29-19-6-4-3-5-7-19)20-10-9-17(14-25-20)22-26-23(28-27-22)18-12-13-30-15-18;1-2(3)4/h8-15,19H,1,3-7H2,2H3,(H,26,27,28);1H3,(H,3,4)/b11-8-,24-21?;. The lowest BCUT2D eigenvalue weighted by molar-refractivity contribution is -0.134. The second-order valence-corrected chi connectivity index (χ2v) is 8.55. The van der Waals surface area contributed by atoms with Gasteiger partial charge in [0.05, 0.1) is 5.69 Å². The Morgan fingerprint density at radius 2 is 2.00 bits per heavy atom. The second kappa shape index (κ2) is 12.6. The number of carboxylic acids is 1. The molecule has 1 saturated carbocycles. The minimum absolute atomic E-state index is 0.272. The number of pyridine rings is 1. The van der Waals surface area contributed by atoms with Crippen LogP contribution in [-0.4, -0.2) is 50.3 Å². The fourth-order valence-corrected chi connectivity index (χ4v) is 4.05. The Bertz CT molecular complexity index is 1120. The lowest BCUT2D eigenvalue weighted by atomic mass is 9.98. The van der Waals surface area contributed by atoms with Crippen LogP contribution in [-0.2, 0) is 9.53 Å². The Balaban J connectivity index is 0.000000751. The van der Waals surface area contributed by atoms with Gasteiger partial charge in [0, 0.05) is 42.8 Å². The molecule has 3 aromatic rings. The summed E-state index contributed by atoms with van der Waals surface area (Å²) in [5.41, 5.74) is 3.47. The summed E-state index contributed by atoms with van der Waals surface area (Å²) in [6.07, 6.45) is 11.8. The summed E-state index contributed by atoms with van der Waals surface area (Å²) in [5, 5.41) is 18.7. The normalized spacial score (nSPS) is 14.5. The van der Waals surface area contributed by atoms with Gasteiger partial charge in [0.15, 0.2) is 11.6 Å². The first-order chi connectivity index (χ1) is 16.5. The van der Waals surface area contributed by atoms with E-state index in [9.17, 15) is 0 Å². The summed E-state index contributed by atoms with van der Waals surface area (Å²) in [6.45, 7) is 5.21. The Hall–Kier alpha value is -3.59. The number of rotatable bonds is 6. The van der Waals surface area contributed by atoms with Crippen molar-refractivity contribution in [1.82, 2.24) is 20.2 Å². The van der Waals surface area contributed by atoms with Crippen LogP contribution < -0.4 is 0 Å². The molecule has 0 aliphatic heterocycles. The van der Waals surface area contributed by atoms with E-state index in [0.717, 1.165) is 42.2 Å². The van der Waals surface area contributed by atoms with Crippen molar-refractivity contribution in [3.63, 3.8) is 0 Å². The molecule has 0 bridgehead atoms. The van der Waals surface area contributed by atoms with Crippen molar-refractivity contribution in [2.24, 2.45) is 4.99 Å². The van der Waals surface area contributed by atoms with Crippen molar-refractivity contribution in [3.8, 4) is 22.8 Å². The number of hydrogen-bond donors (Lipinski definition) is 2. The van der Waals surface area contributed by atoms with E-state index in [0.29, 0.717) is 17.5 Å². The van der Waals surface area contributed by atoms with Crippen molar-refractivity contribution in [1.29, 1.82) is 0 Å². The number of nitrogens with one attached hydrogen (secondary N) is 1. The van der Waals surface area contributed by atoms with Crippen LogP contribution in [0, 0.1) is 0 Å². The molecule has 178 valence electrons. The number of carboxylic acid groups (broad SMARTS) is 1. The molecule has 4 rings (SSSR count). The van der Waals surface area contributed by atoms with Gasteiger partial charge in [-0.1, -0.05) is 13.0 Å². The van der Waals surface area contributed by atoms with Crippen LogP contribution >= 0.6 is 11.3 Å². The van der Waals surface area contributed by atoms with E-state index >= 15 is 0 Å². The van der Waals surface area contributed by atoms with Crippen LogP contribution in [0.5, 0.6) is 0 Å². The van der Waals surface area contributed by atoms with E-state index in [1.165, 1.54) is 19.3 Å². The van der Waals surface area contributed by atoms with Crippen LogP contribution in [0.3, 0.4) is 0 Å². The Morgan fingerprint density at radius 1 is 1.24 bits per heavy atom. The van der Waals surface area contributed by atoms with Crippen LogP contribution in [0.2, 0.25) is 0 Å². The Labute approximate surface area is 203 Å². The number of aliphatic imine (C=N–C) groups is 1. The topological polar surface area (TPSA) is 113 Å². The highest BCUT2D eigenvalue weighted by molar-refractivity contribution is 7.08. The molecular formula is C25H29N5O3S. The molecule has 0 radical (unpaired) electrons. The average Bonchev–Trinajstić information content (AvgIpc) is 3.54. The van der Waals surface area contributed by atoms with Crippen LogP contribution in [0.25, 0.3) is 28.3 Å². The third kappa shape index (κ3) is 7.48. The smallest absolute Gasteiger partial charge is 0.300 e. The van der Waals surface area contributed by atoms with Gasteiger partial charge in [-0.2, -0.15) is 16.4 Å². The number of aromatic amines is 1. The zero-order valence-electron chi connectivity index (χ0n) is 19.4. The fraction of sp³-hybridized carbons (Fsp3) is 0.320. The molecular weight excluding hydrogens is 450 g/mol. The molecule has 0 atom stereocenters. The quantitative estimate of drug-likeness (QED) is 0.269. The fourth-order valence-electron chi connectivity index (χ4n) is 3.41. The van der Waals surface area contributed by atoms with Gasteiger partial charge in [-0.3, -0.25) is 19.9 Å². The summed E-state index contributed by atoms with van der Waals surface area (Å²) in [6, 6.07) is 5.90. The number of thiophene rings is 1. The van der Waals surface area contributed by atoms with E-state index in [-0.39, 0.29) is 6.10 Å². The molecule has 3 heterocycles. The summed E-state index contributed by atoms with van der Waals surface area (Å²) < 4.78 is 6.02. The highest BCUT2D eigenvalue weighted by Gasteiger charge is 2.15. The van der Waals surface area contributed by atoms with Crippen molar-refractivity contribution >= 4 is 28.8 Å². The highest BCUT2D eigenvalue weighted by Crippen LogP contribution is 2.23. The number of aliphatic carboxylic acids is 1. The van der Waals surface area contributed by atoms with E-state index in [4.69, 9.17) is 14.6 Å². The first-order valence-electron chi connectivity index (χ1n) is 11.1. The van der Waals surface area contributed by atoms with Crippen LogP contribution in [0.15, 0.2) is 58.9 Å². The molecule has 1 aliphatic rings. The third-order valence-corrected chi connectivity index (χ3v) is 5.80. The van der Waals surface area contributed by atoms with E-state index in [2.05, 4.69) is 31.7 Å². The minimum Gasteiger partial charge on any atom is -0.481 e. The zero-order chi connectivity index (χ0) is 24.3. The molecule has 1 fully saturated rings. The molecule has 2 N–H and O–H groups in total. The maximum Gasteiger partial charge on any atom is 0.300 e. The second-order valence-electron chi connectivity index (χ2n) is 7.77. The van der Waals surface area contributed by atoms with Gasteiger partial charge >= 0.3 is 0 Å². The minimum atomic E-state index is -0.833. The van der Waals surface area contributed by atoms with Crippen molar-refractivity contribution in [3.05, 3.63) is 59.6 Å². The largest absolute Gasteiger partial charge is 0.481 e. The molecule has 34 heavy (non-hydrogen) atoms. The summed E-state index contributed by atoms with van der Waals surface area (Å²) in [7, 11) is 1.75. The average molecular weight is 480 g/mol. The summed E-state index contributed by atoms with van der Waals surface area (Å²) in [5.74, 6) is 1.19. The third-order valence-electron chi connectivity index (χ3n) is 5.12. The molecule has 1 aliphatic carbocycles. The maximum absolute atomic E-state index is 9.00. The summed E-state index contributed by atoms with van der Waals surface area (Å²) in [4.78, 5) is 22.3. The Kier molecular flexibility index (Phi) is 9.28. The zero-order valence-corrected chi connectivity index (χ0v) is 20.2. The van der Waals surface area contributed by atoms with Crippen LogP contribution in [0.1, 0.15) is 44.7 Å². The number of allylic oxidation sites excluding steroid dienone is 2. The van der Waals surface area contributed by atoms with Gasteiger partial charge in [-0.25, -0.2) is 4.98 Å². The number of carbonyl (C=O) groups is 1. The number of aromatic nitrogens is 4. The molecule has 3 aromatic heterocycles. The number of hydrogen-bond acceptors (Lipinski definition) is 7. The number of nitrogens with zero attached hydrogens (tertiary/aromatic N) is 4. The van der Waals surface area contributed by atoms with Gasteiger partial charge in [0.2, 0.25) is 5.90 Å². The number of ether oxygens (including phenoxy) is 1. The van der Waals surface area contributed by atoms with E-state index in [1.807, 2.05) is 41.1 Å². The Morgan fingerprint density at radius 3 is 2.62 bits per heavy atom. The van der Waals surface area contributed by atoms with Crippen molar-refractivity contribution in [2.45, 2.75) is 45.1 Å².